The van der Waals surface area contributed by atoms with Crippen LogP contribution in [0.2, 0.25) is 0 Å². The summed E-state index contributed by atoms with van der Waals surface area (Å²) >= 11 is 0. The molecule has 0 fully saturated rings. The maximum Gasteiger partial charge on any atom is 0.0825 e. The zero-order valence-electron chi connectivity index (χ0n) is 8.04. The smallest absolute Gasteiger partial charge is 0.0825 e. The fourth-order valence-electron chi connectivity index (χ4n) is 1.24. The Morgan fingerprint density at radius 2 is 2.23 bits per heavy atom. The third-order valence-corrected chi connectivity index (χ3v) is 2.10. The minimum Gasteiger partial charge on any atom is -0.396 e. The third kappa shape index (κ3) is 2.00. The molecule has 0 amide bonds. The molecule has 4 nitrogen and oxygen atoms in total. The van der Waals surface area contributed by atoms with Crippen molar-refractivity contribution in [2.24, 2.45) is 0 Å². The van der Waals surface area contributed by atoms with Crippen LogP contribution in [0, 0.1) is 25.2 Å². The average Bonchev–Trinajstić information content (AvgIpc) is 2.34. The summed E-state index contributed by atoms with van der Waals surface area (Å²) in [5.41, 5.74) is 8.39. The van der Waals surface area contributed by atoms with Gasteiger partial charge in [-0.05, 0) is 20.3 Å². The number of rotatable bonds is 3. The van der Waals surface area contributed by atoms with Crippen molar-refractivity contribution < 1.29 is 0 Å². The van der Waals surface area contributed by atoms with Crippen LogP contribution in [0.15, 0.2) is 0 Å². The predicted octanol–water partition coefficient (Wildman–Crippen LogP) is 1.39. The molecule has 2 N–H and O–H groups in total. The second-order valence-corrected chi connectivity index (χ2v) is 3.07. The van der Waals surface area contributed by atoms with Gasteiger partial charge in [0.05, 0.1) is 23.1 Å². The Balaban J connectivity index is 2.68. The van der Waals surface area contributed by atoms with Crippen LogP contribution in [0.4, 0.5) is 5.69 Å². The summed E-state index contributed by atoms with van der Waals surface area (Å²) in [6.45, 7) is 4.61. The highest BCUT2D eigenvalue weighted by atomic mass is 15.3. The minimum absolute atomic E-state index is 0.568. The Bertz CT molecular complexity index is 332. The molecule has 13 heavy (non-hydrogen) atoms. The highest BCUT2D eigenvalue weighted by molar-refractivity contribution is 5.46. The molecule has 0 radical (unpaired) electrons. The number of nitriles is 1. The number of aromatic nitrogens is 2. The molecule has 1 aromatic heterocycles. The van der Waals surface area contributed by atoms with Crippen molar-refractivity contribution in [2.45, 2.75) is 33.2 Å². The van der Waals surface area contributed by atoms with Crippen molar-refractivity contribution in [3.05, 3.63) is 11.4 Å². The molecular formula is C9H14N4. The summed E-state index contributed by atoms with van der Waals surface area (Å²) in [5.74, 6) is 0. The number of unbranched alkanes of at least 4 members (excludes halogenated alkanes) is 1. The highest BCUT2D eigenvalue weighted by Gasteiger charge is 2.06. The molecule has 1 rings (SSSR count). The van der Waals surface area contributed by atoms with Gasteiger partial charge < -0.3 is 5.73 Å². The quantitative estimate of drug-likeness (QED) is 0.711. The molecule has 1 aromatic rings. The molecule has 0 aliphatic rings. The van der Waals surface area contributed by atoms with Gasteiger partial charge in [0.15, 0.2) is 0 Å². The molecule has 1 heterocycles. The van der Waals surface area contributed by atoms with Crippen LogP contribution in [0.1, 0.15) is 24.2 Å². The Kier molecular flexibility index (Phi) is 2.91. The van der Waals surface area contributed by atoms with Gasteiger partial charge in [-0.3, -0.25) is 4.68 Å². The topological polar surface area (TPSA) is 67.6 Å². The first kappa shape index (κ1) is 9.59. The Morgan fingerprint density at radius 1 is 1.54 bits per heavy atom. The van der Waals surface area contributed by atoms with Gasteiger partial charge in [-0.25, -0.2) is 0 Å². The second kappa shape index (κ2) is 3.94. The van der Waals surface area contributed by atoms with Crippen LogP contribution < -0.4 is 5.73 Å². The van der Waals surface area contributed by atoms with E-state index in [9.17, 15) is 0 Å². The van der Waals surface area contributed by atoms with Gasteiger partial charge in [-0.15, -0.1) is 0 Å². The van der Waals surface area contributed by atoms with Crippen molar-refractivity contribution >= 4 is 5.69 Å². The number of nitrogen functional groups attached to an aromatic ring is 1. The molecule has 70 valence electrons. The van der Waals surface area contributed by atoms with E-state index in [2.05, 4.69) is 11.2 Å². The maximum atomic E-state index is 8.37. The van der Waals surface area contributed by atoms with Crippen LogP contribution in [-0.4, -0.2) is 9.78 Å². The van der Waals surface area contributed by atoms with Crippen LogP contribution in [0.5, 0.6) is 0 Å². The standard InChI is InChI=1S/C9H14N4/c1-7-9(11)8(2)13(12-7)6-4-3-5-10/h3-4,6,11H2,1-2H3. The van der Waals surface area contributed by atoms with Gasteiger partial charge in [-0.1, -0.05) is 0 Å². The van der Waals surface area contributed by atoms with Gasteiger partial charge in [-0.2, -0.15) is 10.4 Å². The molecule has 0 aliphatic carbocycles. The van der Waals surface area contributed by atoms with Gasteiger partial charge in [0.1, 0.15) is 0 Å². The van der Waals surface area contributed by atoms with Crippen LogP contribution in [0.3, 0.4) is 0 Å². The molecule has 0 saturated carbocycles. The molecule has 0 unspecified atom stereocenters. The van der Waals surface area contributed by atoms with E-state index in [4.69, 9.17) is 11.0 Å². The number of aryl methyl sites for hydroxylation is 2. The van der Waals surface area contributed by atoms with Gasteiger partial charge in [0.2, 0.25) is 0 Å². The number of nitrogens with two attached hydrogens (primary N) is 1. The van der Waals surface area contributed by atoms with E-state index in [1.165, 1.54) is 0 Å². The molecular weight excluding hydrogens is 164 g/mol. The average molecular weight is 178 g/mol. The lowest BCUT2D eigenvalue weighted by Crippen LogP contribution is -2.02. The van der Waals surface area contributed by atoms with Crippen LogP contribution >= 0.6 is 0 Å². The summed E-state index contributed by atoms with van der Waals surface area (Å²) in [7, 11) is 0. The summed E-state index contributed by atoms with van der Waals surface area (Å²) in [5, 5.41) is 12.6. The van der Waals surface area contributed by atoms with Gasteiger partial charge >= 0.3 is 0 Å². The molecule has 0 spiro atoms. The first-order chi connectivity index (χ1) is 6.16. The van der Waals surface area contributed by atoms with E-state index in [1.54, 1.807) is 0 Å². The predicted molar refractivity (Wildman–Crippen MR) is 51.0 cm³/mol. The first-order valence-corrected chi connectivity index (χ1v) is 4.33. The molecule has 0 saturated heterocycles. The lowest BCUT2D eigenvalue weighted by molar-refractivity contribution is 0.568. The fraction of sp³-hybridized carbons (Fsp3) is 0.556. The number of hydrogen-bond donors (Lipinski definition) is 1. The van der Waals surface area contributed by atoms with E-state index < -0.39 is 0 Å². The zero-order chi connectivity index (χ0) is 9.84. The zero-order valence-corrected chi connectivity index (χ0v) is 8.04. The van der Waals surface area contributed by atoms with Crippen LogP contribution in [0.25, 0.3) is 0 Å². The monoisotopic (exact) mass is 178 g/mol. The fourth-order valence-corrected chi connectivity index (χ4v) is 1.24. The van der Waals surface area contributed by atoms with Crippen molar-refractivity contribution in [1.82, 2.24) is 9.78 Å². The molecule has 0 bridgehead atoms. The van der Waals surface area contributed by atoms with E-state index in [1.807, 2.05) is 18.5 Å². The Hall–Kier alpha value is -1.50. The summed E-state index contributed by atoms with van der Waals surface area (Å²) < 4.78 is 1.86. The normalized spacial score (nSPS) is 9.92. The molecule has 0 aliphatic heterocycles. The maximum absolute atomic E-state index is 8.37. The molecule has 4 heteroatoms. The third-order valence-electron chi connectivity index (χ3n) is 2.10. The SMILES string of the molecule is Cc1nn(CCCC#N)c(C)c1N. The van der Waals surface area contributed by atoms with Crippen molar-refractivity contribution in [3.8, 4) is 6.07 Å². The largest absolute Gasteiger partial charge is 0.396 e. The number of nitrogens with zero attached hydrogens (tertiary/aromatic N) is 3. The highest BCUT2D eigenvalue weighted by Crippen LogP contribution is 2.14. The van der Waals surface area contributed by atoms with Crippen molar-refractivity contribution in [3.63, 3.8) is 0 Å². The summed E-state index contributed by atoms with van der Waals surface area (Å²) in [4.78, 5) is 0. The van der Waals surface area contributed by atoms with E-state index in [0.717, 1.165) is 30.0 Å². The van der Waals surface area contributed by atoms with Crippen molar-refractivity contribution in [2.75, 3.05) is 5.73 Å². The molecule has 0 atom stereocenters. The van der Waals surface area contributed by atoms with E-state index >= 15 is 0 Å². The summed E-state index contributed by atoms with van der Waals surface area (Å²) in [6.07, 6.45) is 1.40. The van der Waals surface area contributed by atoms with E-state index in [-0.39, 0.29) is 0 Å². The lowest BCUT2D eigenvalue weighted by Gasteiger charge is -2.01. The lowest BCUT2D eigenvalue weighted by atomic mass is 10.3. The van der Waals surface area contributed by atoms with Gasteiger partial charge in [0, 0.05) is 13.0 Å². The first-order valence-electron chi connectivity index (χ1n) is 4.33. The minimum atomic E-state index is 0.568. The van der Waals surface area contributed by atoms with Gasteiger partial charge in [0.25, 0.3) is 0 Å². The van der Waals surface area contributed by atoms with Crippen LogP contribution in [-0.2, 0) is 6.54 Å². The Morgan fingerprint density at radius 3 is 2.69 bits per heavy atom. The van der Waals surface area contributed by atoms with E-state index in [0.29, 0.717) is 6.42 Å². The number of anilines is 1. The number of hydrogen-bond acceptors (Lipinski definition) is 3. The Labute approximate surface area is 78.0 Å². The molecule has 0 aromatic carbocycles. The second-order valence-electron chi connectivity index (χ2n) is 3.07. The summed E-state index contributed by atoms with van der Waals surface area (Å²) in [6, 6.07) is 2.11. The van der Waals surface area contributed by atoms with Crippen molar-refractivity contribution in [1.29, 1.82) is 5.26 Å².